The van der Waals surface area contributed by atoms with Gasteiger partial charge in [-0.15, -0.1) is 0 Å². The van der Waals surface area contributed by atoms with E-state index in [-0.39, 0.29) is 11.8 Å². The molecule has 0 spiro atoms. The summed E-state index contributed by atoms with van der Waals surface area (Å²) in [7, 11) is 0. The maximum absolute atomic E-state index is 11.7. The molecule has 0 radical (unpaired) electrons. The molecule has 1 N–H and O–H groups in total. The number of hydrogen-bond donors (Lipinski definition) is 1. The molecule has 1 saturated heterocycles. The first-order chi connectivity index (χ1) is 7.99. The fraction of sp³-hybridized carbons (Fsp3) is 0.273. The van der Waals surface area contributed by atoms with Crippen LogP contribution in [0.4, 0.5) is 10.5 Å². The number of benzene rings is 1. The third-order valence-electron chi connectivity index (χ3n) is 2.59. The first kappa shape index (κ1) is 12.2. The monoisotopic (exact) mass is 272 g/mol. The maximum atomic E-state index is 11.7. The minimum atomic E-state index is -0.438. The predicted molar refractivity (Wildman–Crippen MR) is 66.5 cm³/mol. The Balaban J connectivity index is 2.30. The molecule has 1 aromatic carbocycles. The van der Waals surface area contributed by atoms with Crippen LogP contribution in [0.25, 0.3) is 0 Å². The van der Waals surface area contributed by atoms with Crippen LogP contribution in [0.2, 0.25) is 10.0 Å². The molecule has 1 atom stereocenters. The van der Waals surface area contributed by atoms with Gasteiger partial charge >= 0.3 is 6.03 Å². The van der Waals surface area contributed by atoms with E-state index in [1.54, 1.807) is 25.1 Å². The van der Waals surface area contributed by atoms with Gasteiger partial charge in [-0.25, -0.2) is 4.79 Å². The number of nitrogens with zero attached hydrogens (tertiary/aromatic N) is 1. The van der Waals surface area contributed by atoms with Crippen molar-refractivity contribution < 1.29 is 9.59 Å². The quantitative estimate of drug-likeness (QED) is 0.855. The predicted octanol–water partition coefficient (Wildman–Crippen LogP) is 2.69. The van der Waals surface area contributed by atoms with Gasteiger partial charge in [-0.1, -0.05) is 30.1 Å². The van der Waals surface area contributed by atoms with Crippen LogP contribution < -0.4 is 10.2 Å². The summed E-state index contributed by atoms with van der Waals surface area (Å²) in [5.41, 5.74) is 0.622. The van der Waals surface area contributed by atoms with Gasteiger partial charge in [0.25, 0.3) is 0 Å². The summed E-state index contributed by atoms with van der Waals surface area (Å²) in [5, 5.41) is 3.09. The van der Waals surface area contributed by atoms with Gasteiger partial charge in [0.15, 0.2) is 0 Å². The number of rotatable bonds is 1. The van der Waals surface area contributed by atoms with Crippen LogP contribution >= 0.6 is 23.2 Å². The minimum absolute atomic E-state index is 0.248. The number of imide groups is 1. The first-order valence-corrected chi connectivity index (χ1v) is 5.82. The standard InChI is InChI=1S/C11H10Cl2N2O2/c1-6-5-15(11(17)14-10(6)16)7-2-3-8(12)9(13)4-7/h2-4,6H,5H2,1H3,(H,14,16,17). The zero-order valence-corrected chi connectivity index (χ0v) is 10.5. The first-order valence-electron chi connectivity index (χ1n) is 5.06. The molecule has 1 aliphatic rings. The number of carbonyl (C=O) groups excluding carboxylic acids is 2. The summed E-state index contributed by atoms with van der Waals surface area (Å²) in [4.78, 5) is 24.4. The fourth-order valence-corrected chi connectivity index (χ4v) is 1.90. The third-order valence-corrected chi connectivity index (χ3v) is 3.33. The van der Waals surface area contributed by atoms with Gasteiger partial charge in [0, 0.05) is 12.2 Å². The van der Waals surface area contributed by atoms with E-state index in [0.29, 0.717) is 22.3 Å². The van der Waals surface area contributed by atoms with Crippen LogP contribution in [0, 0.1) is 5.92 Å². The Labute approximate surface area is 108 Å². The topological polar surface area (TPSA) is 49.4 Å². The van der Waals surface area contributed by atoms with Gasteiger partial charge in [-0.3, -0.25) is 15.0 Å². The molecule has 90 valence electrons. The largest absolute Gasteiger partial charge is 0.328 e. The Kier molecular flexibility index (Phi) is 3.26. The normalized spacial score (nSPS) is 20.4. The molecule has 0 bridgehead atoms. The average molecular weight is 273 g/mol. The Bertz CT molecular complexity index is 490. The van der Waals surface area contributed by atoms with Crippen molar-refractivity contribution in [3.05, 3.63) is 28.2 Å². The van der Waals surface area contributed by atoms with E-state index in [0.717, 1.165) is 0 Å². The number of carbonyl (C=O) groups is 2. The molecule has 0 saturated carbocycles. The number of amides is 3. The molecule has 4 nitrogen and oxygen atoms in total. The van der Waals surface area contributed by atoms with Crippen molar-refractivity contribution in [2.75, 3.05) is 11.4 Å². The molecule has 0 aliphatic carbocycles. The third kappa shape index (κ3) is 2.37. The molecule has 1 unspecified atom stereocenters. The summed E-state index contributed by atoms with van der Waals surface area (Å²) >= 11 is 11.7. The molecule has 2 rings (SSSR count). The second-order valence-corrected chi connectivity index (χ2v) is 4.72. The van der Waals surface area contributed by atoms with E-state index in [2.05, 4.69) is 5.32 Å². The smallest absolute Gasteiger partial charge is 0.293 e. The zero-order valence-electron chi connectivity index (χ0n) is 9.04. The van der Waals surface area contributed by atoms with Crippen molar-refractivity contribution in [2.24, 2.45) is 5.92 Å². The van der Waals surface area contributed by atoms with Crippen LogP contribution in [0.5, 0.6) is 0 Å². The van der Waals surface area contributed by atoms with Crippen LogP contribution in [0.3, 0.4) is 0 Å². The van der Waals surface area contributed by atoms with Crippen LogP contribution in [-0.2, 0) is 4.79 Å². The van der Waals surface area contributed by atoms with E-state index in [9.17, 15) is 9.59 Å². The maximum Gasteiger partial charge on any atom is 0.328 e. The Hall–Kier alpha value is -1.26. The van der Waals surface area contributed by atoms with Crippen LogP contribution in [0.1, 0.15) is 6.92 Å². The number of hydrogen-bond acceptors (Lipinski definition) is 2. The Morgan fingerprint density at radius 2 is 2.00 bits per heavy atom. The van der Waals surface area contributed by atoms with E-state index < -0.39 is 6.03 Å². The molecule has 1 fully saturated rings. The summed E-state index contributed by atoms with van der Waals surface area (Å²) in [6.07, 6.45) is 0. The van der Waals surface area contributed by atoms with Gasteiger partial charge in [-0.2, -0.15) is 0 Å². The lowest BCUT2D eigenvalue weighted by molar-refractivity contribution is -0.123. The van der Waals surface area contributed by atoms with Gasteiger partial charge in [0.1, 0.15) is 0 Å². The summed E-state index contributed by atoms with van der Waals surface area (Å²) in [5.74, 6) is -0.506. The number of nitrogens with one attached hydrogen (secondary N) is 1. The summed E-state index contributed by atoms with van der Waals surface area (Å²) < 4.78 is 0. The van der Waals surface area contributed by atoms with Crippen molar-refractivity contribution >= 4 is 40.8 Å². The zero-order chi connectivity index (χ0) is 12.6. The van der Waals surface area contributed by atoms with E-state index >= 15 is 0 Å². The molecule has 1 heterocycles. The highest BCUT2D eigenvalue weighted by atomic mass is 35.5. The van der Waals surface area contributed by atoms with E-state index in [1.807, 2.05) is 0 Å². The van der Waals surface area contributed by atoms with Crippen molar-refractivity contribution in [3.8, 4) is 0 Å². The lowest BCUT2D eigenvalue weighted by Gasteiger charge is -2.30. The van der Waals surface area contributed by atoms with Gasteiger partial charge < -0.3 is 0 Å². The van der Waals surface area contributed by atoms with Crippen LogP contribution in [-0.4, -0.2) is 18.5 Å². The molecule has 6 heteroatoms. The highest BCUT2D eigenvalue weighted by Gasteiger charge is 2.30. The van der Waals surface area contributed by atoms with Crippen molar-refractivity contribution in [2.45, 2.75) is 6.92 Å². The number of anilines is 1. The molecule has 1 aliphatic heterocycles. The lowest BCUT2D eigenvalue weighted by Crippen LogP contribution is -2.53. The highest BCUT2D eigenvalue weighted by molar-refractivity contribution is 6.42. The van der Waals surface area contributed by atoms with Crippen molar-refractivity contribution in [1.82, 2.24) is 5.32 Å². The minimum Gasteiger partial charge on any atom is -0.293 e. The Morgan fingerprint density at radius 3 is 2.65 bits per heavy atom. The lowest BCUT2D eigenvalue weighted by atomic mass is 10.1. The van der Waals surface area contributed by atoms with Gasteiger partial charge in [0.05, 0.1) is 16.0 Å². The number of urea groups is 1. The van der Waals surface area contributed by atoms with Crippen molar-refractivity contribution in [1.29, 1.82) is 0 Å². The fourth-order valence-electron chi connectivity index (χ4n) is 1.61. The Morgan fingerprint density at radius 1 is 1.29 bits per heavy atom. The summed E-state index contributed by atoms with van der Waals surface area (Å²) in [6.45, 7) is 2.09. The average Bonchev–Trinajstić information content (AvgIpc) is 2.27. The molecule has 17 heavy (non-hydrogen) atoms. The molecular weight excluding hydrogens is 263 g/mol. The molecule has 1 aromatic rings. The molecular formula is C11H10Cl2N2O2. The van der Waals surface area contributed by atoms with E-state index in [4.69, 9.17) is 23.2 Å². The van der Waals surface area contributed by atoms with Crippen molar-refractivity contribution in [3.63, 3.8) is 0 Å². The van der Waals surface area contributed by atoms with Crippen LogP contribution in [0.15, 0.2) is 18.2 Å². The summed E-state index contributed by atoms with van der Waals surface area (Å²) in [6, 6.07) is 4.47. The molecule has 3 amide bonds. The SMILES string of the molecule is CC1CN(c2ccc(Cl)c(Cl)c2)C(=O)NC1=O. The van der Waals surface area contributed by atoms with Gasteiger partial charge in [-0.05, 0) is 18.2 Å². The number of halogens is 2. The molecule has 0 aromatic heterocycles. The van der Waals surface area contributed by atoms with Gasteiger partial charge in [0.2, 0.25) is 5.91 Å². The van der Waals surface area contributed by atoms with E-state index in [1.165, 1.54) is 4.90 Å². The second-order valence-electron chi connectivity index (χ2n) is 3.90. The highest BCUT2D eigenvalue weighted by Crippen LogP contribution is 2.28. The second kappa shape index (κ2) is 4.55.